The monoisotopic (exact) mass is 1030 g/mol. The molecule has 15 nitrogen and oxygen atoms in total. The van der Waals surface area contributed by atoms with Gasteiger partial charge in [0, 0.05) is 12.8 Å². The van der Waals surface area contributed by atoms with E-state index in [2.05, 4.69) is 25.7 Å². The summed E-state index contributed by atoms with van der Waals surface area (Å²) in [4.78, 5) is 25.9. The zero-order valence-electron chi connectivity index (χ0n) is 44.8. The van der Waals surface area contributed by atoms with Gasteiger partial charge in [0.2, 0.25) is 0 Å². The Kier molecular flexibility index (Phi) is 40.5. The van der Waals surface area contributed by atoms with Crippen molar-refractivity contribution in [3.63, 3.8) is 0 Å². The smallest absolute Gasteiger partial charge is 0.306 e. The summed E-state index contributed by atoms with van der Waals surface area (Å²) in [6, 6.07) is 0. The standard InChI is InChI=1S/C57H104O15/c1-3-5-7-9-11-13-15-17-19-20-21-22-23-24-26-27-29-31-33-35-37-39-48(59)67-42-45(70-49(60)40-38-36-34-32-30-28-25-18-16-14-12-10-8-6-4-2)43-68-56-55(66)53(64)51(62)47(72-56)44-69-57-54(65)52(63)50(61)46(41-58)71-57/h4,17,19,45-47,50-58,61-66H,2-3,5-16,18,20-44H2,1H3/b19-17+/t45-,46+,47+,50-,51-,52?,53?,54?,55?,56+,57+/m0/s1. The molecule has 72 heavy (non-hydrogen) atoms. The minimum Gasteiger partial charge on any atom is -0.462 e. The van der Waals surface area contributed by atoms with Crippen molar-refractivity contribution in [3.05, 3.63) is 24.8 Å². The van der Waals surface area contributed by atoms with Crippen LogP contribution in [0, 0.1) is 0 Å². The zero-order chi connectivity index (χ0) is 52.4. The number of carbonyl (C=O) groups is 2. The summed E-state index contributed by atoms with van der Waals surface area (Å²) in [5.41, 5.74) is 0. The van der Waals surface area contributed by atoms with Gasteiger partial charge in [0.1, 0.15) is 55.4 Å². The number of allylic oxidation sites excluding steroid dienone is 3. The first-order valence-corrected chi connectivity index (χ1v) is 28.9. The third-order valence-corrected chi connectivity index (χ3v) is 14.0. The number of hydrogen-bond donors (Lipinski definition) is 7. The summed E-state index contributed by atoms with van der Waals surface area (Å²) in [5.74, 6) is -0.918. The first-order chi connectivity index (χ1) is 35.0. The molecular formula is C57H104O15. The molecule has 2 fully saturated rings. The normalized spacial score (nSPS) is 24.9. The molecule has 2 aliphatic rings. The largest absolute Gasteiger partial charge is 0.462 e. The van der Waals surface area contributed by atoms with Crippen molar-refractivity contribution in [2.24, 2.45) is 0 Å². The predicted octanol–water partition coefficient (Wildman–Crippen LogP) is 9.50. The number of aliphatic hydroxyl groups excluding tert-OH is 7. The van der Waals surface area contributed by atoms with E-state index in [4.69, 9.17) is 28.4 Å². The third kappa shape index (κ3) is 31.1. The summed E-state index contributed by atoms with van der Waals surface area (Å²) >= 11 is 0. The van der Waals surface area contributed by atoms with E-state index < -0.39 is 92.7 Å². The van der Waals surface area contributed by atoms with Gasteiger partial charge < -0.3 is 64.2 Å². The van der Waals surface area contributed by atoms with E-state index in [-0.39, 0.29) is 26.1 Å². The Bertz CT molecular complexity index is 1330. The van der Waals surface area contributed by atoms with Crippen molar-refractivity contribution < 1.29 is 73.8 Å². The quantitative estimate of drug-likeness (QED) is 0.0171. The molecule has 7 N–H and O–H groups in total. The molecule has 0 saturated carbocycles. The summed E-state index contributed by atoms with van der Waals surface area (Å²) in [6.45, 7) is 4.16. The highest BCUT2D eigenvalue weighted by Gasteiger charge is 2.47. The van der Waals surface area contributed by atoms with E-state index in [0.29, 0.717) is 12.8 Å². The second-order valence-electron chi connectivity index (χ2n) is 20.6. The minimum atomic E-state index is -1.76. The number of esters is 2. The van der Waals surface area contributed by atoms with Crippen LogP contribution in [0.5, 0.6) is 0 Å². The van der Waals surface area contributed by atoms with Gasteiger partial charge in [-0.15, -0.1) is 6.58 Å². The Hall–Kier alpha value is -2.02. The number of hydrogen-bond acceptors (Lipinski definition) is 15. The maximum atomic E-state index is 13.0. The lowest BCUT2D eigenvalue weighted by molar-refractivity contribution is -0.332. The molecule has 0 radical (unpaired) electrons. The van der Waals surface area contributed by atoms with Crippen LogP contribution in [0.2, 0.25) is 0 Å². The SMILES string of the molecule is C=CCCCCCCCCCCCCCCCC(=O)O[C@@H](COC(=O)CCCCCCCCCCCCC/C=C/CCCCCCCC)CO[C@@H]1O[C@H](CO[C@@H]2O[C@H](CO)[C@H](O)C(O)C2O)[C@H](O)C(O)C1O. The third-order valence-electron chi connectivity index (χ3n) is 14.0. The van der Waals surface area contributed by atoms with Gasteiger partial charge in [0.05, 0.1) is 19.8 Å². The number of aliphatic hydroxyl groups is 7. The summed E-state index contributed by atoms with van der Waals surface area (Å²) in [6.07, 6.45) is 29.5. The molecule has 0 spiro atoms. The van der Waals surface area contributed by atoms with Crippen LogP contribution in [-0.4, -0.2) is 142 Å². The van der Waals surface area contributed by atoms with E-state index in [0.717, 1.165) is 44.9 Å². The van der Waals surface area contributed by atoms with Crippen LogP contribution in [0.4, 0.5) is 0 Å². The molecule has 0 aliphatic carbocycles. The molecule has 0 bridgehead atoms. The average Bonchev–Trinajstić information content (AvgIpc) is 3.37. The van der Waals surface area contributed by atoms with Gasteiger partial charge in [-0.05, 0) is 51.4 Å². The molecule has 2 heterocycles. The molecule has 0 amide bonds. The van der Waals surface area contributed by atoms with Crippen LogP contribution in [0.25, 0.3) is 0 Å². The van der Waals surface area contributed by atoms with Gasteiger partial charge in [0.15, 0.2) is 18.7 Å². The van der Waals surface area contributed by atoms with Crippen molar-refractivity contribution >= 4 is 11.9 Å². The van der Waals surface area contributed by atoms with Gasteiger partial charge in [-0.1, -0.05) is 186 Å². The van der Waals surface area contributed by atoms with Gasteiger partial charge in [-0.25, -0.2) is 0 Å². The molecule has 4 unspecified atom stereocenters. The summed E-state index contributed by atoms with van der Waals surface area (Å²) in [5, 5.41) is 72.2. The Morgan fingerprint density at radius 1 is 0.472 bits per heavy atom. The van der Waals surface area contributed by atoms with Gasteiger partial charge in [-0.3, -0.25) is 9.59 Å². The topological polar surface area (TPSA) is 231 Å². The highest BCUT2D eigenvalue weighted by molar-refractivity contribution is 5.70. The average molecular weight is 1030 g/mol. The second kappa shape index (κ2) is 44.1. The molecule has 2 rings (SSSR count). The molecular weight excluding hydrogens is 925 g/mol. The number of ether oxygens (including phenoxy) is 6. The van der Waals surface area contributed by atoms with Crippen LogP contribution >= 0.6 is 0 Å². The van der Waals surface area contributed by atoms with Crippen molar-refractivity contribution in [2.45, 2.75) is 299 Å². The highest BCUT2D eigenvalue weighted by atomic mass is 16.7. The van der Waals surface area contributed by atoms with E-state index in [1.54, 1.807) is 0 Å². The molecule has 2 aliphatic heterocycles. The minimum absolute atomic E-state index is 0.166. The van der Waals surface area contributed by atoms with Crippen molar-refractivity contribution in [3.8, 4) is 0 Å². The molecule has 0 aromatic rings. The predicted molar refractivity (Wildman–Crippen MR) is 280 cm³/mol. The zero-order valence-corrected chi connectivity index (χ0v) is 44.8. The lowest BCUT2D eigenvalue weighted by Gasteiger charge is -2.42. The van der Waals surface area contributed by atoms with E-state index >= 15 is 0 Å². The van der Waals surface area contributed by atoms with Crippen LogP contribution in [0.3, 0.4) is 0 Å². The van der Waals surface area contributed by atoms with Crippen molar-refractivity contribution in [2.75, 3.05) is 26.4 Å². The van der Waals surface area contributed by atoms with Gasteiger partial charge >= 0.3 is 11.9 Å². The molecule has 0 aromatic carbocycles. The number of carbonyl (C=O) groups excluding carboxylic acids is 2. The first-order valence-electron chi connectivity index (χ1n) is 28.9. The fourth-order valence-electron chi connectivity index (χ4n) is 9.31. The van der Waals surface area contributed by atoms with Crippen LogP contribution < -0.4 is 0 Å². The maximum Gasteiger partial charge on any atom is 0.306 e. The number of rotatable bonds is 47. The molecule has 0 aromatic heterocycles. The Morgan fingerprint density at radius 3 is 1.32 bits per heavy atom. The van der Waals surface area contributed by atoms with Crippen LogP contribution in [-0.2, 0) is 38.0 Å². The highest BCUT2D eigenvalue weighted by Crippen LogP contribution is 2.27. The van der Waals surface area contributed by atoms with Gasteiger partial charge in [-0.2, -0.15) is 0 Å². The van der Waals surface area contributed by atoms with E-state index in [1.165, 1.54) is 154 Å². The fourth-order valence-corrected chi connectivity index (χ4v) is 9.31. The summed E-state index contributed by atoms with van der Waals surface area (Å²) < 4.78 is 33.7. The lowest BCUT2D eigenvalue weighted by atomic mass is 9.98. The molecule has 422 valence electrons. The van der Waals surface area contributed by atoms with E-state index in [9.17, 15) is 45.3 Å². The molecule has 15 heteroatoms. The second-order valence-corrected chi connectivity index (χ2v) is 20.6. The van der Waals surface area contributed by atoms with Crippen molar-refractivity contribution in [1.82, 2.24) is 0 Å². The molecule has 11 atom stereocenters. The Balaban J connectivity index is 1.73. The molecule has 2 saturated heterocycles. The van der Waals surface area contributed by atoms with Crippen LogP contribution in [0.1, 0.15) is 232 Å². The lowest BCUT2D eigenvalue weighted by Crippen LogP contribution is -2.61. The van der Waals surface area contributed by atoms with Crippen LogP contribution in [0.15, 0.2) is 24.8 Å². The maximum absolute atomic E-state index is 13.0. The van der Waals surface area contributed by atoms with Crippen molar-refractivity contribution in [1.29, 1.82) is 0 Å². The first kappa shape index (κ1) is 66.1. The fraction of sp³-hybridized carbons (Fsp3) is 0.895. The number of unbranched alkanes of at least 4 members (excludes halogenated alkanes) is 30. The summed E-state index contributed by atoms with van der Waals surface area (Å²) in [7, 11) is 0. The Morgan fingerprint density at radius 2 is 0.861 bits per heavy atom. The van der Waals surface area contributed by atoms with Gasteiger partial charge in [0.25, 0.3) is 0 Å². The van der Waals surface area contributed by atoms with E-state index in [1.807, 2.05) is 6.08 Å². The Labute approximate surface area is 434 Å².